The summed E-state index contributed by atoms with van der Waals surface area (Å²) in [7, 11) is 1.67. The van der Waals surface area contributed by atoms with Gasteiger partial charge in [0.15, 0.2) is 0 Å². The molecule has 68 valence electrons. The Bertz CT molecular complexity index is 93.6. The number of hydrogen-bond acceptors (Lipinski definition) is 2. The van der Waals surface area contributed by atoms with Crippen molar-refractivity contribution < 1.29 is 9.84 Å². The lowest BCUT2D eigenvalue weighted by atomic mass is 9.92. The van der Waals surface area contributed by atoms with Crippen LogP contribution in [-0.2, 0) is 4.74 Å². The van der Waals surface area contributed by atoms with Gasteiger partial charge in [-0.2, -0.15) is 0 Å². The molecule has 0 radical (unpaired) electrons. The highest BCUT2D eigenvalue weighted by Gasteiger charge is 2.19. The minimum Gasteiger partial charge on any atom is -0.392 e. The number of aliphatic hydroxyl groups excluding tert-OH is 1. The van der Waals surface area contributed by atoms with Crippen LogP contribution in [0.15, 0.2) is 0 Å². The first-order valence-corrected chi connectivity index (χ1v) is 4.30. The van der Waals surface area contributed by atoms with Crippen LogP contribution in [0.5, 0.6) is 0 Å². The van der Waals surface area contributed by atoms with Crippen molar-refractivity contribution in [3.63, 3.8) is 0 Å². The van der Waals surface area contributed by atoms with E-state index in [9.17, 15) is 5.11 Å². The SMILES string of the molecule is CCC(C)C(O)C(C)COC. The van der Waals surface area contributed by atoms with Gasteiger partial charge < -0.3 is 9.84 Å². The molecule has 0 aromatic rings. The van der Waals surface area contributed by atoms with Gasteiger partial charge >= 0.3 is 0 Å². The molecule has 0 aliphatic heterocycles. The van der Waals surface area contributed by atoms with E-state index in [0.717, 1.165) is 6.42 Å². The van der Waals surface area contributed by atoms with Crippen LogP contribution in [0, 0.1) is 11.8 Å². The predicted octanol–water partition coefficient (Wildman–Crippen LogP) is 1.68. The molecular weight excluding hydrogens is 140 g/mol. The normalized spacial score (nSPS) is 19.4. The molecule has 0 aliphatic rings. The smallest absolute Gasteiger partial charge is 0.0613 e. The van der Waals surface area contributed by atoms with E-state index in [1.807, 2.05) is 6.92 Å². The molecule has 0 saturated heterocycles. The Kier molecular flexibility index (Phi) is 5.51. The van der Waals surface area contributed by atoms with Gasteiger partial charge in [-0.3, -0.25) is 0 Å². The number of ether oxygens (including phenoxy) is 1. The van der Waals surface area contributed by atoms with Crippen LogP contribution in [-0.4, -0.2) is 24.9 Å². The number of rotatable bonds is 5. The summed E-state index contributed by atoms with van der Waals surface area (Å²) in [4.78, 5) is 0. The molecule has 0 rings (SSSR count). The van der Waals surface area contributed by atoms with Crippen molar-refractivity contribution in [3.05, 3.63) is 0 Å². The molecule has 2 nitrogen and oxygen atoms in total. The van der Waals surface area contributed by atoms with Gasteiger partial charge in [0.2, 0.25) is 0 Å². The summed E-state index contributed by atoms with van der Waals surface area (Å²) in [6.45, 7) is 6.82. The van der Waals surface area contributed by atoms with Crippen LogP contribution in [0.4, 0.5) is 0 Å². The first-order chi connectivity index (χ1) is 5.13. The van der Waals surface area contributed by atoms with Crippen molar-refractivity contribution in [2.45, 2.75) is 33.3 Å². The van der Waals surface area contributed by atoms with Gasteiger partial charge in [-0.25, -0.2) is 0 Å². The van der Waals surface area contributed by atoms with Crippen molar-refractivity contribution in [2.75, 3.05) is 13.7 Å². The number of aliphatic hydroxyl groups is 1. The highest BCUT2D eigenvalue weighted by Crippen LogP contribution is 2.15. The summed E-state index contributed by atoms with van der Waals surface area (Å²) in [5, 5.41) is 9.64. The van der Waals surface area contributed by atoms with Gasteiger partial charge in [0, 0.05) is 13.0 Å². The van der Waals surface area contributed by atoms with Crippen molar-refractivity contribution in [3.8, 4) is 0 Å². The van der Waals surface area contributed by atoms with Crippen LogP contribution in [0.25, 0.3) is 0 Å². The minimum absolute atomic E-state index is 0.222. The number of methoxy groups -OCH3 is 1. The summed E-state index contributed by atoms with van der Waals surface area (Å²) in [5.41, 5.74) is 0. The standard InChI is InChI=1S/C9H20O2/c1-5-7(2)9(10)8(3)6-11-4/h7-10H,5-6H2,1-4H3. The van der Waals surface area contributed by atoms with Gasteiger partial charge in [0.05, 0.1) is 12.7 Å². The monoisotopic (exact) mass is 160 g/mol. The van der Waals surface area contributed by atoms with E-state index < -0.39 is 0 Å². The highest BCUT2D eigenvalue weighted by molar-refractivity contribution is 4.68. The highest BCUT2D eigenvalue weighted by atomic mass is 16.5. The third-order valence-electron chi connectivity index (χ3n) is 2.24. The molecule has 0 aromatic heterocycles. The Balaban J connectivity index is 3.70. The van der Waals surface area contributed by atoms with Crippen LogP contribution >= 0.6 is 0 Å². The number of hydrogen-bond donors (Lipinski definition) is 1. The quantitative estimate of drug-likeness (QED) is 0.663. The lowest BCUT2D eigenvalue weighted by Crippen LogP contribution is -2.28. The molecule has 11 heavy (non-hydrogen) atoms. The molecule has 0 spiro atoms. The van der Waals surface area contributed by atoms with Gasteiger partial charge in [-0.1, -0.05) is 27.2 Å². The van der Waals surface area contributed by atoms with E-state index in [1.165, 1.54) is 0 Å². The van der Waals surface area contributed by atoms with E-state index in [0.29, 0.717) is 12.5 Å². The zero-order valence-corrected chi connectivity index (χ0v) is 8.00. The topological polar surface area (TPSA) is 29.5 Å². The van der Waals surface area contributed by atoms with Crippen molar-refractivity contribution in [1.29, 1.82) is 0 Å². The Morgan fingerprint density at radius 2 is 1.82 bits per heavy atom. The molecule has 0 aromatic carbocycles. The Hall–Kier alpha value is -0.0800. The van der Waals surface area contributed by atoms with E-state index in [4.69, 9.17) is 4.74 Å². The lowest BCUT2D eigenvalue weighted by molar-refractivity contribution is 0.0226. The molecular formula is C9H20O2. The third kappa shape index (κ3) is 3.73. The summed E-state index contributed by atoms with van der Waals surface area (Å²) in [6.07, 6.45) is 0.801. The van der Waals surface area contributed by atoms with E-state index in [2.05, 4.69) is 13.8 Å². The maximum absolute atomic E-state index is 9.64. The van der Waals surface area contributed by atoms with Gasteiger partial charge in [-0.05, 0) is 5.92 Å². The van der Waals surface area contributed by atoms with Gasteiger partial charge in [0.25, 0.3) is 0 Å². The molecule has 3 atom stereocenters. The average molecular weight is 160 g/mol. The van der Waals surface area contributed by atoms with Crippen LogP contribution in [0.2, 0.25) is 0 Å². The summed E-state index contributed by atoms with van der Waals surface area (Å²) < 4.78 is 4.96. The Morgan fingerprint density at radius 1 is 1.27 bits per heavy atom. The van der Waals surface area contributed by atoms with Crippen molar-refractivity contribution >= 4 is 0 Å². The van der Waals surface area contributed by atoms with Crippen molar-refractivity contribution in [1.82, 2.24) is 0 Å². The van der Waals surface area contributed by atoms with Crippen molar-refractivity contribution in [2.24, 2.45) is 11.8 Å². The fourth-order valence-corrected chi connectivity index (χ4v) is 1.16. The zero-order valence-electron chi connectivity index (χ0n) is 8.00. The van der Waals surface area contributed by atoms with E-state index in [1.54, 1.807) is 7.11 Å². The first-order valence-electron chi connectivity index (χ1n) is 4.30. The predicted molar refractivity (Wildman–Crippen MR) is 46.5 cm³/mol. The third-order valence-corrected chi connectivity index (χ3v) is 2.24. The lowest BCUT2D eigenvalue weighted by Gasteiger charge is -2.23. The van der Waals surface area contributed by atoms with Crippen LogP contribution in [0.1, 0.15) is 27.2 Å². The molecule has 0 bridgehead atoms. The second-order valence-corrected chi connectivity index (χ2v) is 3.31. The maximum Gasteiger partial charge on any atom is 0.0613 e. The second kappa shape index (κ2) is 5.56. The van der Waals surface area contributed by atoms with Crippen LogP contribution < -0.4 is 0 Å². The Morgan fingerprint density at radius 3 is 2.18 bits per heavy atom. The molecule has 0 aliphatic carbocycles. The fraction of sp³-hybridized carbons (Fsp3) is 1.00. The molecule has 0 fully saturated rings. The molecule has 2 heteroatoms. The molecule has 0 amide bonds. The minimum atomic E-state index is -0.222. The second-order valence-electron chi connectivity index (χ2n) is 3.31. The average Bonchev–Trinajstić information content (AvgIpc) is 2.02. The van der Waals surface area contributed by atoms with Gasteiger partial charge in [-0.15, -0.1) is 0 Å². The maximum atomic E-state index is 9.64. The van der Waals surface area contributed by atoms with E-state index >= 15 is 0 Å². The first kappa shape index (κ1) is 10.9. The van der Waals surface area contributed by atoms with Crippen LogP contribution in [0.3, 0.4) is 0 Å². The largest absolute Gasteiger partial charge is 0.392 e. The summed E-state index contributed by atoms with van der Waals surface area (Å²) in [6, 6.07) is 0. The summed E-state index contributed by atoms with van der Waals surface area (Å²) >= 11 is 0. The molecule has 1 N–H and O–H groups in total. The zero-order chi connectivity index (χ0) is 8.85. The fourth-order valence-electron chi connectivity index (χ4n) is 1.16. The molecule has 0 saturated carbocycles. The van der Waals surface area contributed by atoms with E-state index in [-0.39, 0.29) is 12.0 Å². The molecule has 0 heterocycles. The molecule has 3 unspecified atom stereocenters. The Labute approximate surface area is 69.6 Å². The summed E-state index contributed by atoms with van der Waals surface area (Å²) in [5.74, 6) is 0.620. The van der Waals surface area contributed by atoms with Gasteiger partial charge in [0.1, 0.15) is 0 Å².